The number of carbonyl (C=O) groups is 4. The Hall–Kier alpha value is -4.64. The van der Waals surface area contributed by atoms with Crippen LogP contribution in [-0.4, -0.2) is 104 Å². The van der Waals surface area contributed by atoms with E-state index >= 15 is 0 Å². The summed E-state index contributed by atoms with van der Waals surface area (Å²) >= 11 is 0. The molecule has 0 spiro atoms. The average Bonchev–Trinajstić information content (AvgIpc) is 0.958. The molecule has 0 saturated heterocycles. The van der Waals surface area contributed by atoms with Crippen molar-refractivity contribution in [1.82, 2.24) is 0 Å². The van der Waals surface area contributed by atoms with E-state index in [0.29, 0.717) is 45.1 Å². The van der Waals surface area contributed by atoms with Gasteiger partial charge in [0.05, 0.1) is 33.0 Å². The van der Waals surface area contributed by atoms with Crippen LogP contribution in [0.2, 0.25) is 0 Å². The van der Waals surface area contributed by atoms with Gasteiger partial charge in [0.15, 0.2) is 6.10 Å². The Morgan fingerprint density at radius 3 is 0.942 bits per heavy atom. The third-order valence-corrected chi connectivity index (χ3v) is 18.5. The second-order valence-corrected chi connectivity index (χ2v) is 29.5. The number of aliphatic hydroxyl groups excluding tert-OH is 1. The van der Waals surface area contributed by atoms with E-state index in [4.69, 9.17) is 37.0 Å². The number of carbonyl (C=O) groups excluding carboxylic acids is 4. The molecule has 596 valence electrons. The van der Waals surface area contributed by atoms with E-state index in [2.05, 4.69) is 130 Å². The molecule has 0 bridgehead atoms. The van der Waals surface area contributed by atoms with Crippen molar-refractivity contribution in [3.05, 3.63) is 134 Å². The third-order valence-electron chi connectivity index (χ3n) is 16.6. The fourth-order valence-electron chi connectivity index (χ4n) is 10.4. The maximum absolute atomic E-state index is 13.1. The summed E-state index contributed by atoms with van der Waals surface area (Å²) in [6.07, 6.45) is 87.8. The Labute approximate surface area is 631 Å². The standard InChI is InChI=1S/C85H144O17P2/c1-4-7-10-13-16-19-22-25-28-30-35-39-44-49-54-59-64-69-83(88)96-77-82(102-85(90)71-66-61-56-51-46-41-36-31-29-26-23-20-17-14-11-8-5-2)79-100-104(93,94)98-75-80(87)74-97-103(91,92)99-78-81(101-84(89)70-65-60-55-50-45-40-34-27-24-21-18-15-12-9-6-3)76-95-73-68-63-58-53-48-43-38-33-32-37-42-47-52-57-62-67-72-86/h16-21,25-29,32,34-37,39,41,49,51,54,56,72,80-82,87H,4-15,22-24,30-31,33,38,40,42-48,50,52-53,55,57-71,73-79H2,1-3H3,(H,91,92)(H,93,94)/b19-16-,20-17-,21-18-,28-25-,29-26-,34-27-,37-32-,39-35-,41-36-,54-49-,56-51-/t80-,81+,82+/m0/s1. The summed E-state index contributed by atoms with van der Waals surface area (Å²) in [4.78, 5) is 70.6. The molecular weight excluding hydrogens is 1350 g/mol. The quantitative estimate of drug-likeness (QED) is 0.0128. The number of ether oxygens (including phenoxy) is 4. The number of unbranched alkanes of at least 4 members (excludes halogenated alkanes) is 28. The minimum atomic E-state index is -4.98. The molecule has 0 fully saturated rings. The summed E-state index contributed by atoms with van der Waals surface area (Å²) in [6, 6.07) is 0. The smallest absolute Gasteiger partial charge is 0.462 e. The highest BCUT2D eigenvalue weighted by Crippen LogP contribution is 2.45. The van der Waals surface area contributed by atoms with Crippen LogP contribution in [0.15, 0.2) is 134 Å². The summed E-state index contributed by atoms with van der Waals surface area (Å²) < 4.78 is 69.2. The number of hydrogen-bond donors (Lipinski definition) is 3. The molecule has 0 aromatic heterocycles. The van der Waals surface area contributed by atoms with E-state index in [1.807, 2.05) is 24.3 Å². The normalized spacial score (nSPS) is 14.6. The van der Waals surface area contributed by atoms with Gasteiger partial charge in [-0.3, -0.25) is 32.5 Å². The first-order valence-corrected chi connectivity index (χ1v) is 43.4. The number of esters is 3. The molecular formula is C85H144O17P2. The zero-order chi connectivity index (χ0) is 75.9. The fourth-order valence-corrected chi connectivity index (χ4v) is 12.0. The lowest BCUT2D eigenvalue weighted by Crippen LogP contribution is -2.30. The average molecular weight is 1500 g/mol. The Balaban J connectivity index is 5.41. The second kappa shape index (κ2) is 78.0. The molecule has 0 aromatic rings. The van der Waals surface area contributed by atoms with Crippen molar-refractivity contribution in [3.8, 4) is 0 Å². The van der Waals surface area contributed by atoms with Gasteiger partial charge in [0.2, 0.25) is 0 Å². The van der Waals surface area contributed by atoms with Crippen molar-refractivity contribution in [1.29, 1.82) is 0 Å². The monoisotopic (exact) mass is 1500 g/mol. The molecule has 17 nitrogen and oxygen atoms in total. The number of aldehydes is 1. The van der Waals surface area contributed by atoms with Crippen molar-refractivity contribution in [2.75, 3.05) is 46.2 Å². The second-order valence-electron chi connectivity index (χ2n) is 26.6. The highest BCUT2D eigenvalue weighted by Gasteiger charge is 2.30. The zero-order valence-electron chi connectivity index (χ0n) is 64.9. The van der Waals surface area contributed by atoms with Crippen molar-refractivity contribution < 1.29 is 80.2 Å². The topological polar surface area (TPSA) is 237 Å². The minimum Gasteiger partial charge on any atom is -0.462 e. The van der Waals surface area contributed by atoms with Crippen LogP contribution >= 0.6 is 15.6 Å². The first-order valence-electron chi connectivity index (χ1n) is 40.4. The Bertz CT molecular complexity index is 2460. The summed E-state index contributed by atoms with van der Waals surface area (Å²) in [6.45, 7) is 3.43. The molecule has 0 aliphatic carbocycles. The van der Waals surface area contributed by atoms with Crippen molar-refractivity contribution in [2.24, 2.45) is 0 Å². The van der Waals surface area contributed by atoms with Crippen LogP contribution in [0.3, 0.4) is 0 Å². The van der Waals surface area contributed by atoms with E-state index in [9.17, 15) is 43.2 Å². The SMILES string of the molecule is CCCCC/C=C\C/C=C\C/C=C\C/C=C\CCCC(=O)OC[C@H](COP(=O)(O)OC[C@@H](O)COP(=O)(O)OC[C@@H](COCCCCCCCCC/C=C\CCCCCCC=O)OC(=O)CCCCCCC/C=C\C/C=C\CCCCC)OC(=O)CCC/C=C\C/C=C\C/C=C\C/C=C\CCCCC. The van der Waals surface area contributed by atoms with Gasteiger partial charge < -0.3 is 38.6 Å². The highest BCUT2D eigenvalue weighted by atomic mass is 31.2. The van der Waals surface area contributed by atoms with Crippen LogP contribution in [0, 0.1) is 0 Å². The van der Waals surface area contributed by atoms with Crippen molar-refractivity contribution in [3.63, 3.8) is 0 Å². The van der Waals surface area contributed by atoms with E-state index < -0.39 is 84.9 Å². The van der Waals surface area contributed by atoms with Crippen molar-refractivity contribution in [2.45, 2.75) is 334 Å². The molecule has 3 N–H and O–H groups in total. The lowest BCUT2D eigenvalue weighted by Gasteiger charge is -2.21. The molecule has 19 heteroatoms. The number of phosphoric acid groups is 2. The van der Waals surface area contributed by atoms with Crippen LogP contribution < -0.4 is 0 Å². The number of aliphatic hydroxyl groups is 1. The summed E-state index contributed by atoms with van der Waals surface area (Å²) in [5.41, 5.74) is 0. The molecule has 0 rings (SSSR count). The van der Waals surface area contributed by atoms with E-state index in [1.165, 1.54) is 77.0 Å². The molecule has 0 aliphatic rings. The zero-order valence-corrected chi connectivity index (χ0v) is 66.7. The minimum absolute atomic E-state index is 0.0142. The third kappa shape index (κ3) is 77.0. The Morgan fingerprint density at radius 2 is 0.577 bits per heavy atom. The predicted molar refractivity (Wildman–Crippen MR) is 427 cm³/mol. The molecule has 0 amide bonds. The first-order chi connectivity index (χ1) is 50.8. The van der Waals surface area contributed by atoms with Crippen molar-refractivity contribution >= 4 is 39.8 Å². The number of hydrogen-bond acceptors (Lipinski definition) is 15. The van der Waals surface area contributed by atoms with Gasteiger partial charge in [-0.25, -0.2) is 9.13 Å². The van der Waals surface area contributed by atoms with Gasteiger partial charge in [-0.2, -0.15) is 0 Å². The largest absolute Gasteiger partial charge is 0.472 e. The molecule has 0 saturated carbocycles. The van der Waals surface area contributed by atoms with Gasteiger partial charge >= 0.3 is 33.6 Å². The number of phosphoric ester groups is 2. The van der Waals surface area contributed by atoms with Gasteiger partial charge in [0, 0.05) is 32.3 Å². The summed E-state index contributed by atoms with van der Waals surface area (Å²) in [5.74, 6) is -1.69. The highest BCUT2D eigenvalue weighted by molar-refractivity contribution is 7.47. The van der Waals surface area contributed by atoms with Gasteiger partial charge in [0.1, 0.15) is 25.1 Å². The predicted octanol–water partition coefficient (Wildman–Crippen LogP) is 23.3. The van der Waals surface area contributed by atoms with Crippen LogP contribution in [0.25, 0.3) is 0 Å². The van der Waals surface area contributed by atoms with E-state index in [1.54, 1.807) is 0 Å². The molecule has 104 heavy (non-hydrogen) atoms. The number of rotatable bonds is 77. The molecule has 0 heterocycles. The van der Waals surface area contributed by atoms with Gasteiger partial charge in [-0.1, -0.05) is 257 Å². The Kier molecular flexibility index (Phi) is 74.5. The van der Waals surface area contributed by atoms with Gasteiger partial charge in [0.25, 0.3) is 0 Å². The molecule has 5 atom stereocenters. The maximum atomic E-state index is 13.1. The van der Waals surface area contributed by atoms with E-state index in [0.717, 1.165) is 167 Å². The molecule has 0 aliphatic heterocycles. The Morgan fingerprint density at radius 1 is 0.308 bits per heavy atom. The van der Waals surface area contributed by atoms with Crippen LogP contribution in [-0.2, 0) is 65.4 Å². The van der Waals surface area contributed by atoms with Gasteiger partial charge in [-0.05, 0) is 167 Å². The number of allylic oxidation sites excluding steroid dienone is 22. The first kappa shape index (κ1) is 99.4. The van der Waals surface area contributed by atoms with Crippen LogP contribution in [0.4, 0.5) is 0 Å². The summed E-state index contributed by atoms with van der Waals surface area (Å²) in [7, 11) is -9.89. The van der Waals surface area contributed by atoms with Crippen LogP contribution in [0.1, 0.15) is 316 Å². The van der Waals surface area contributed by atoms with E-state index in [-0.39, 0.29) is 25.9 Å². The molecule has 0 radical (unpaired) electrons. The molecule has 2 unspecified atom stereocenters. The van der Waals surface area contributed by atoms with Crippen LogP contribution in [0.5, 0.6) is 0 Å². The van der Waals surface area contributed by atoms with Gasteiger partial charge in [-0.15, -0.1) is 0 Å². The lowest BCUT2D eigenvalue weighted by molar-refractivity contribution is -0.161. The lowest BCUT2D eigenvalue weighted by atomic mass is 10.1. The summed E-state index contributed by atoms with van der Waals surface area (Å²) in [5, 5.41) is 10.6. The fraction of sp³-hybridized carbons (Fsp3) is 0.694. The maximum Gasteiger partial charge on any atom is 0.472 e. The molecule has 0 aromatic carbocycles.